The molecule has 0 bridgehead atoms. The van der Waals surface area contributed by atoms with E-state index in [1.54, 1.807) is 6.07 Å². The second-order valence-electron chi connectivity index (χ2n) is 4.01. The summed E-state index contributed by atoms with van der Waals surface area (Å²) in [4.78, 5) is 14.6. The molecule has 2 aromatic carbocycles. The maximum Gasteiger partial charge on any atom is 0.328 e. The molecular weight excluding hydrogens is 296 g/mol. The van der Waals surface area contributed by atoms with Crippen LogP contribution in [-0.2, 0) is 24.3 Å². The first-order valence-electron chi connectivity index (χ1n) is 5.56. The number of aromatic hydroxyl groups is 1. The SMILES string of the molecule is CC(N=Cc1c(O)ccc2ccccc12)C(=O)O.[Zn]. The zero-order valence-corrected chi connectivity index (χ0v) is 13.5. The quantitative estimate of drug-likeness (QED) is 0.676. The van der Waals surface area contributed by atoms with Crippen molar-refractivity contribution in [3.05, 3.63) is 42.0 Å². The Morgan fingerprint density at radius 3 is 2.63 bits per heavy atom. The third kappa shape index (κ3) is 3.39. The minimum Gasteiger partial charge on any atom is -0.507 e. The predicted molar refractivity (Wildman–Crippen MR) is 70.3 cm³/mol. The Labute approximate surface area is 123 Å². The van der Waals surface area contributed by atoms with Crippen molar-refractivity contribution in [1.29, 1.82) is 0 Å². The number of carboxylic acids is 1. The van der Waals surface area contributed by atoms with Crippen LogP contribution in [0.25, 0.3) is 10.8 Å². The number of hydrogen-bond donors (Lipinski definition) is 2. The van der Waals surface area contributed by atoms with E-state index in [4.69, 9.17) is 5.11 Å². The largest absolute Gasteiger partial charge is 0.507 e. The van der Waals surface area contributed by atoms with Crippen LogP contribution in [0.2, 0.25) is 0 Å². The van der Waals surface area contributed by atoms with E-state index in [1.807, 2.05) is 30.3 Å². The van der Waals surface area contributed by atoms with Crippen molar-refractivity contribution in [3.63, 3.8) is 0 Å². The number of fused-ring (bicyclic) bond motifs is 1. The van der Waals surface area contributed by atoms with E-state index in [2.05, 4.69) is 4.99 Å². The smallest absolute Gasteiger partial charge is 0.328 e. The molecule has 0 saturated heterocycles. The van der Waals surface area contributed by atoms with Gasteiger partial charge in [-0.15, -0.1) is 0 Å². The fourth-order valence-corrected chi connectivity index (χ4v) is 1.67. The van der Waals surface area contributed by atoms with Gasteiger partial charge < -0.3 is 10.2 Å². The van der Waals surface area contributed by atoms with Crippen LogP contribution in [0.4, 0.5) is 0 Å². The number of hydrogen-bond acceptors (Lipinski definition) is 3. The molecule has 0 heterocycles. The van der Waals surface area contributed by atoms with E-state index >= 15 is 0 Å². The molecule has 2 rings (SSSR count). The molecule has 0 radical (unpaired) electrons. The molecule has 0 aliphatic rings. The summed E-state index contributed by atoms with van der Waals surface area (Å²) in [5.74, 6) is -0.902. The predicted octanol–water partition coefficient (Wildman–Crippen LogP) is 2.43. The van der Waals surface area contributed by atoms with Gasteiger partial charge in [-0.2, -0.15) is 0 Å². The fourth-order valence-electron chi connectivity index (χ4n) is 1.67. The standard InChI is InChI=1S/C14H13NO3.Zn/c1-9(14(17)18)15-8-12-11-5-3-2-4-10(11)6-7-13(12)16;/h2-9,16H,1H3,(H,17,18);. The van der Waals surface area contributed by atoms with Crippen LogP contribution >= 0.6 is 0 Å². The van der Waals surface area contributed by atoms with Crippen LogP contribution in [0, 0.1) is 0 Å². The number of carbonyl (C=O) groups is 1. The first-order chi connectivity index (χ1) is 8.59. The second kappa shape index (κ2) is 6.44. The van der Waals surface area contributed by atoms with E-state index in [-0.39, 0.29) is 25.2 Å². The van der Waals surface area contributed by atoms with Gasteiger partial charge in [0, 0.05) is 31.3 Å². The molecule has 0 fully saturated rings. The summed E-state index contributed by atoms with van der Waals surface area (Å²) in [5.41, 5.74) is 0.543. The van der Waals surface area contributed by atoms with E-state index < -0.39 is 12.0 Å². The van der Waals surface area contributed by atoms with Gasteiger partial charge in [-0.3, -0.25) is 4.99 Å². The fraction of sp³-hybridized carbons (Fsp3) is 0.143. The zero-order valence-electron chi connectivity index (χ0n) is 10.6. The Morgan fingerprint density at radius 1 is 1.26 bits per heavy atom. The molecule has 0 saturated carbocycles. The molecule has 0 spiro atoms. The van der Waals surface area contributed by atoms with Crippen LogP contribution in [-0.4, -0.2) is 28.4 Å². The molecule has 1 atom stereocenters. The summed E-state index contributed by atoms with van der Waals surface area (Å²) < 4.78 is 0. The average molecular weight is 309 g/mol. The van der Waals surface area contributed by atoms with Gasteiger partial charge in [0.1, 0.15) is 11.8 Å². The van der Waals surface area contributed by atoms with E-state index in [9.17, 15) is 9.90 Å². The van der Waals surface area contributed by atoms with Gasteiger partial charge >= 0.3 is 5.97 Å². The minimum absolute atomic E-state index is 0. The third-order valence-corrected chi connectivity index (χ3v) is 2.73. The summed E-state index contributed by atoms with van der Waals surface area (Å²) in [6.07, 6.45) is 1.41. The van der Waals surface area contributed by atoms with Crippen molar-refractivity contribution >= 4 is 23.0 Å². The summed E-state index contributed by atoms with van der Waals surface area (Å²) in [6.45, 7) is 1.49. The number of carboxylic acid groups (broad SMARTS) is 1. The van der Waals surface area contributed by atoms with Gasteiger partial charge in [0.15, 0.2) is 0 Å². The Bertz CT molecular complexity index is 625. The molecule has 0 aliphatic heterocycles. The van der Waals surface area contributed by atoms with Gasteiger partial charge in [0.05, 0.1) is 0 Å². The van der Waals surface area contributed by atoms with E-state index in [1.165, 1.54) is 13.1 Å². The molecule has 5 heteroatoms. The Hall–Kier alpha value is -1.74. The van der Waals surface area contributed by atoms with Crippen molar-refractivity contribution < 1.29 is 34.5 Å². The molecule has 4 nitrogen and oxygen atoms in total. The first-order valence-corrected chi connectivity index (χ1v) is 5.56. The van der Waals surface area contributed by atoms with Crippen molar-refractivity contribution in [3.8, 4) is 5.75 Å². The third-order valence-electron chi connectivity index (χ3n) is 2.73. The average Bonchev–Trinajstić information content (AvgIpc) is 2.37. The second-order valence-corrected chi connectivity index (χ2v) is 4.01. The Balaban J connectivity index is 0.00000180. The number of phenolic OH excluding ortho intramolecular Hbond substituents is 1. The molecule has 0 aromatic heterocycles. The topological polar surface area (TPSA) is 69.9 Å². The van der Waals surface area contributed by atoms with Crippen molar-refractivity contribution in [2.24, 2.45) is 4.99 Å². The summed E-state index contributed by atoms with van der Waals surface area (Å²) >= 11 is 0. The van der Waals surface area contributed by atoms with Gasteiger partial charge in [-0.25, -0.2) is 4.79 Å². The molecule has 0 amide bonds. The minimum atomic E-state index is -0.994. The number of aliphatic carboxylic acids is 1. The number of rotatable bonds is 3. The summed E-state index contributed by atoms with van der Waals surface area (Å²) in [7, 11) is 0. The molecule has 19 heavy (non-hydrogen) atoms. The number of nitrogens with zero attached hydrogens (tertiary/aromatic N) is 1. The van der Waals surface area contributed by atoms with Gasteiger partial charge in [0.25, 0.3) is 0 Å². The van der Waals surface area contributed by atoms with E-state index in [0.717, 1.165) is 10.8 Å². The first kappa shape index (κ1) is 15.3. The van der Waals surface area contributed by atoms with Crippen LogP contribution in [0.1, 0.15) is 12.5 Å². The monoisotopic (exact) mass is 307 g/mol. The van der Waals surface area contributed by atoms with Gasteiger partial charge in [-0.1, -0.05) is 30.3 Å². The van der Waals surface area contributed by atoms with Crippen LogP contribution in [0.5, 0.6) is 5.75 Å². The molecule has 94 valence electrons. The molecule has 2 aromatic rings. The van der Waals surface area contributed by atoms with Crippen LogP contribution < -0.4 is 0 Å². The van der Waals surface area contributed by atoms with Crippen LogP contribution in [0.15, 0.2) is 41.4 Å². The summed E-state index contributed by atoms with van der Waals surface area (Å²) in [5, 5.41) is 20.4. The van der Waals surface area contributed by atoms with Crippen molar-refractivity contribution in [2.45, 2.75) is 13.0 Å². The van der Waals surface area contributed by atoms with Crippen LogP contribution in [0.3, 0.4) is 0 Å². The van der Waals surface area contributed by atoms with Crippen molar-refractivity contribution in [2.75, 3.05) is 0 Å². The normalized spacial score (nSPS) is 12.3. The number of phenols is 1. The number of benzene rings is 2. The Kier molecular flexibility index (Phi) is 5.19. The molecule has 0 aliphatic carbocycles. The van der Waals surface area contributed by atoms with Crippen molar-refractivity contribution in [1.82, 2.24) is 0 Å². The van der Waals surface area contributed by atoms with E-state index in [0.29, 0.717) is 5.56 Å². The van der Waals surface area contributed by atoms with Gasteiger partial charge in [-0.05, 0) is 23.8 Å². The zero-order chi connectivity index (χ0) is 13.1. The number of aliphatic imine (C=N–C) groups is 1. The maximum absolute atomic E-state index is 10.7. The molecular formula is C14H13NO3Zn. The maximum atomic E-state index is 10.7. The molecule has 1 unspecified atom stereocenters. The molecule has 2 N–H and O–H groups in total. The van der Waals surface area contributed by atoms with Gasteiger partial charge in [0.2, 0.25) is 0 Å². The Morgan fingerprint density at radius 2 is 1.95 bits per heavy atom. The summed E-state index contributed by atoms with van der Waals surface area (Å²) in [6, 6.07) is 10.1.